The highest BCUT2D eigenvalue weighted by atomic mass is 32.2. The average molecular weight is 384 g/mol. The zero-order valence-electron chi connectivity index (χ0n) is 15.3. The zero-order chi connectivity index (χ0) is 19.4. The Hall–Kier alpha value is -2.80. The van der Waals surface area contributed by atoms with Gasteiger partial charge in [0.15, 0.2) is 5.17 Å². The lowest BCUT2D eigenvalue weighted by Gasteiger charge is -2.12. The van der Waals surface area contributed by atoms with Crippen molar-refractivity contribution >= 4 is 40.6 Å². The van der Waals surface area contributed by atoms with Crippen molar-refractivity contribution in [2.24, 2.45) is 4.99 Å². The highest BCUT2D eigenvalue weighted by Crippen LogP contribution is 2.34. The van der Waals surface area contributed by atoms with Gasteiger partial charge in [0.05, 0.1) is 28.5 Å². The molecule has 1 aliphatic rings. The van der Waals surface area contributed by atoms with Gasteiger partial charge < -0.3 is 9.15 Å². The van der Waals surface area contributed by atoms with Gasteiger partial charge in [-0.05, 0) is 62.9 Å². The summed E-state index contributed by atoms with van der Waals surface area (Å²) in [5.74, 6) is 0.0996. The van der Waals surface area contributed by atoms with Gasteiger partial charge in [0.25, 0.3) is 5.91 Å². The Morgan fingerprint density at radius 1 is 1.33 bits per heavy atom. The molecule has 140 valence electrons. The molecule has 1 amide bonds. The number of benzene rings is 1. The quantitative estimate of drug-likeness (QED) is 0.562. The minimum absolute atomic E-state index is 0.118. The van der Waals surface area contributed by atoms with Gasteiger partial charge in [-0.25, -0.2) is 9.79 Å². The smallest absolute Gasteiger partial charge is 0.338 e. The molecule has 1 aliphatic heterocycles. The maximum absolute atomic E-state index is 12.6. The molecule has 0 saturated carbocycles. The number of amides is 1. The van der Waals surface area contributed by atoms with Crippen LogP contribution in [0.4, 0.5) is 5.69 Å². The maximum Gasteiger partial charge on any atom is 0.338 e. The molecule has 0 radical (unpaired) electrons. The molecule has 0 N–H and O–H groups in total. The molecule has 27 heavy (non-hydrogen) atoms. The van der Waals surface area contributed by atoms with Crippen LogP contribution in [0.5, 0.6) is 0 Å². The van der Waals surface area contributed by atoms with Gasteiger partial charge in [-0.1, -0.05) is 6.07 Å². The highest BCUT2D eigenvalue weighted by Gasteiger charge is 2.32. The van der Waals surface area contributed by atoms with Crippen molar-refractivity contribution < 1.29 is 18.7 Å². The van der Waals surface area contributed by atoms with Crippen molar-refractivity contribution in [3.05, 3.63) is 58.9 Å². The van der Waals surface area contributed by atoms with Crippen LogP contribution in [-0.4, -0.2) is 34.6 Å². The number of esters is 1. The fraction of sp³-hybridized carbons (Fsp3) is 0.250. The number of likely N-dealkylation sites (N-methyl/N-ethyl adjacent to an activating group) is 1. The number of carbonyl (C=O) groups is 2. The fourth-order valence-corrected chi connectivity index (χ4v) is 3.51. The topological polar surface area (TPSA) is 72.1 Å². The number of thioether (sulfide) groups is 1. The van der Waals surface area contributed by atoms with Crippen LogP contribution in [0.15, 0.2) is 57.0 Å². The Bertz CT molecular complexity index is 900. The van der Waals surface area contributed by atoms with E-state index in [9.17, 15) is 9.59 Å². The fourth-order valence-electron chi connectivity index (χ4n) is 2.47. The number of furan rings is 1. The molecule has 1 aromatic carbocycles. The Morgan fingerprint density at radius 3 is 2.81 bits per heavy atom. The van der Waals surface area contributed by atoms with Gasteiger partial charge in [0, 0.05) is 12.6 Å². The third-order valence-electron chi connectivity index (χ3n) is 3.67. The summed E-state index contributed by atoms with van der Waals surface area (Å²) in [7, 11) is 0. The van der Waals surface area contributed by atoms with Crippen LogP contribution in [-0.2, 0) is 9.53 Å². The van der Waals surface area contributed by atoms with E-state index in [0.717, 1.165) is 0 Å². The number of ether oxygens (including phenoxy) is 1. The number of hydrogen-bond acceptors (Lipinski definition) is 6. The van der Waals surface area contributed by atoms with E-state index in [1.54, 1.807) is 67.5 Å². The van der Waals surface area contributed by atoms with Crippen LogP contribution in [0.25, 0.3) is 6.08 Å². The molecule has 0 unspecified atom stereocenters. The van der Waals surface area contributed by atoms with Crippen molar-refractivity contribution in [1.29, 1.82) is 0 Å². The number of hydrogen-bond donors (Lipinski definition) is 0. The lowest BCUT2D eigenvalue weighted by Crippen LogP contribution is -2.28. The molecule has 0 aliphatic carbocycles. The van der Waals surface area contributed by atoms with Crippen LogP contribution in [0.3, 0.4) is 0 Å². The van der Waals surface area contributed by atoms with Crippen molar-refractivity contribution in [2.75, 3.05) is 6.54 Å². The molecular weight excluding hydrogens is 364 g/mol. The molecule has 2 aromatic rings. The second kappa shape index (κ2) is 8.26. The van der Waals surface area contributed by atoms with Crippen molar-refractivity contribution in [3.8, 4) is 0 Å². The van der Waals surface area contributed by atoms with E-state index in [1.807, 2.05) is 6.92 Å². The van der Waals surface area contributed by atoms with E-state index in [4.69, 9.17) is 9.15 Å². The molecule has 2 heterocycles. The SMILES string of the molecule is CCN1C(=O)/C(=C\c2ccco2)SC1=Nc1cccc(C(=O)OC(C)C)c1. The number of amidine groups is 1. The second-order valence-corrected chi connectivity index (χ2v) is 7.08. The first-order valence-electron chi connectivity index (χ1n) is 8.62. The average Bonchev–Trinajstić information content (AvgIpc) is 3.23. The Balaban J connectivity index is 1.87. The predicted octanol–water partition coefficient (Wildman–Crippen LogP) is 4.47. The lowest BCUT2D eigenvalue weighted by atomic mass is 10.2. The lowest BCUT2D eigenvalue weighted by molar-refractivity contribution is -0.122. The molecule has 1 saturated heterocycles. The van der Waals surface area contributed by atoms with Gasteiger partial charge in [-0.3, -0.25) is 9.69 Å². The minimum atomic E-state index is -0.395. The monoisotopic (exact) mass is 384 g/mol. The molecule has 0 spiro atoms. The Kier molecular flexibility index (Phi) is 5.81. The molecule has 3 rings (SSSR count). The summed E-state index contributed by atoms with van der Waals surface area (Å²) in [5, 5.41) is 0.565. The normalized spacial score (nSPS) is 17.3. The first-order valence-corrected chi connectivity index (χ1v) is 9.44. The summed E-state index contributed by atoms with van der Waals surface area (Å²) < 4.78 is 10.5. The highest BCUT2D eigenvalue weighted by molar-refractivity contribution is 8.18. The molecule has 1 aromatic heterocycles. The van der Waals surface area contributed by atoms with Crippen molar-refractivity contribution in [2.45, 2.75) is 26.9 Å². The zero-order valence-corrected chi connectivity index (χ0v) is 16.2. The molecule has 0 bridgehead atoms. The summed E-state index contributed by atoms with van der Waals surface area (Å²) >= 11 is 1.28. The Labute approximate surface area is 161 Å². The van der Waals surface area contributed by atoms with Gasteiger partial charge in [0.1, 0.15) is 5.76 Å². The van der Waals surface area contributed by atoms with E-state index >= 15 is 0 Å². The van der Waals surface area contributed by atoms with Crippen LogP contribution < -0.4 is 0 Å². The summed E-state index contributed by atoms with van der Waals surface area (Å²) in [6.07, 6.45) is 3.07. The Morgan fingerprint density at radius 2 is 2.15 bits per heavy atom. The maximum atomic E-state index is 12.6. The van der Waals surface area contributed by atoms with Crippen molar-refractivity contribution in [3.63, 3.8) is 0 Å². The first kappa shape index (κ1) is 19.0. The molecular formula is C20H20N2O4S. The van der Waals surface area contributed by atoms with Crippen LogP contribution in [0.1, 0.15) is 36.9 Å². The van der Waals surface area contributed by atoms with Crippen LogP contribution in [0.2, 0.25) is 0 Å². The van der Waals surface area contributed by atoms with Gasteiger partial charge in [-0.15, -0.1) is 0 Å². The predicted molar refractivity (Wildman–Crippen MR) is 106 cm³/mol. The van der Waals surface area contributed by atoms with Crippen LogP contribution in [0, 0.1) is 0 Å². The van der Waals surface area contributed by atoms with E-state index in [1.165, 1.54) is 11.8 Å². The standard InChI is InChI=1S/C20H20N2O4S/c1-4-22-18(23)17(12-16-9-6-10-25-16)27-20(22)21-15-8-5-7-14(11-15)19(24)26-13(2)3/h5-13H,4H2,1-3H3/b17-12+,21-20?. The van der Waals surface area contributed by atoms with E-state index in [-0.39, 0.29) is 12.0 Å². The number of aliphatic imine (C=N–C) groups is 1. The third-order valence-corrected chi connectivity index (χ3v) is 4.68. The van der Waals surface area contributed by atoms with E-state index < -0.39 is 5.97 Å². The summed E-state index contributed by atoms with van der Waals surface area (Å²) in [6, 6.07) is 10.4. The van der Waals surface area contributed by atoms with Gasteiger partial charge in [-0.2, -0.15) is 0 Å². The number of nitrogens with zero attached hydrogens (tertiary/aromatic N) is 2. The van der Waals surface area contributed by atoms with Gasteiger partial charge in [0.2, 0.25) is 0 Å². The van der Waals surface area contributed by atoms with Crippen LogP contribution >= 0.6 is 11.8 Å². The molecule has 7 heteroatoms. The summed E-state index contributed by atoms with van der Waals surface area (Å²) in [6.45, 7) is 5.99. The van der Waals surface area contributed by atoms with E-state index in [2.05, 4.69) is 4.99 Å². The number of carbonyl (C=O) groups excluding carboxylic acids is 2. The molecule has 6 nitrogen and oxygen atoms in total. The number of rotatable bonds is 5. The third kappa shape index (κ3) is 4.49. The second-order valence-electron chi connectivity index (χ2n) is 6.07. The van der Waals surface area contributed by atoms with Crippen molar-refractivity contribution in [1.82, 2.24) is 4.90 Å². The largest absolute Gasteiger partial charge is 0.465 e. The molecule has 0 atom stereocenters. The molecule has 1 fully saturated rings. The summed E-state index contributed by atoms with van der Waals surface area (Å²) in [4.78, 5) is 31.4. The summed E-state index contributed by atoms with van der Waals surface area (Å²) in [5.41, 5.74) is 1.01. The minimum Gasteiger partial charge on any atom is -0.465 e. The van der Waals surface area contributed by atoms with Gasteiger partial charge >= 0.3 is 5.97 Å². The van der Waals surface area contributed by atoms with E-state index in [0.29, 0.717) is 33.6 Å². The first-order chi connectivity index (χ1) is 13.0.